The first kappa shape index (κ1) is 21.9. The van der Waals surface area contributed by atoms with Crippen LogP contribution in [-0.2, 0) is 0 Å². The van der Waals surface area contributed by atoms with Crippen molar-refractivity contribution in [2.24, 2.45) is 5.10 Å². The first-order valence-electron chi connectivity index (χ1n) is 9.27. The number of rotatable bonds is 7. The second kappa shape index (κ2) is 9.35. The van der Waals surface area contributed by atoms with Gasteiger partial charge in [-0.25, -0.2) is 4.98 Å². The van der Waals surface area contributed by atoms with E-state index in [4.69, 9.17) is 4.74 Å². The number of nitro benzene ring substituents is 1. The molecule has 0 bridgehead atoms. The van der Waals surface area contributed by atoms with Crippen LogP contribution >= 0.6 is 11.3 Å². The lowest BCUT2D eigenvalue weighted by molar-refractivity contribution is -0.385. The van der Waals surface area contributed by atoms with Gasteiger partial charge in [0, 0.05) is 17.3 Å². The van der Waals surface area contributed by atoms with Gasteiger partial charge in [0.25, 0.3) is 5.91 Å². The molecule has 3 aromatic rings. The molecule has 2 aromatic carbocycles. The maximum absolute atomic E-state index is 12.6. The Hall–Kier alpha value is -3.79. The molecule has 0 radical (unpaired) electrons. The third-order valence-corrected chi connectivity index (χ3v) is 5.49. The van der Waals surface area contributed by atoms with Gasteiger partial charge in [0.15, 0.2) is 5.75 Å². The summed E-state index contributed by atoms with van der Waals surface area (Å²) in [4.78, 5) is 28.1. The number of nitrogens with one attached hydrogen (secondary N) is 2. The molecule has 10 heteroatoms. The number of aryl methyl sites for hydroxylation is 2. The van der Waals surface area contributed by atoms with Gasteiger partial charge in [-0.15, -0.1) is 0 Å². The molecule has 1 amide bonds. The fourth-order valence-electron chi connectivity index (χ4n) is 2.73. The maximum atomic E-state index is 12.6. The number of carbonyl (C=O) groups is 1. The van der Waals surface area contributed by atoms with Gasteiger partial charge in [-0.1, -0.05) is 29.0 Å². The summed E-state index contributed by atoms with van der Waals surface area (Å²) < 4.78 is 5.01. The predicted molar refractivity (Wildman–Crippen MR) is 121 cm³/mol. The van der Waals surface area contributed by atoms with Crippen molar-refractivity contribution in [3.05, 3.63) is 74.3 Å². The molecule has 0 aliphatic heterocycles. The van der Waals surface area contributed by atoms with Gasteiger partial charge in [-0.05, 0) is 45.0 Å². The van der Waals surface area contributed by atoms with Crippen molar-refractivity contribution in [3.8, 4) is 5.75 Å². The van der Waals surface area contributed by atoms with E-state index < -0.39 is 4.92 Å². The van der Waals surface area contributed by atoms with Crippen LogP contribution < -0.4 is 15.5 Å². The number of ether oxygens (including phenoxy) is 1. The first-order chi connectivity index (χ1) is 14.8. The summed E-state index contributed by atoms with van der Waals surface area (Å²) in [6, 6.07) is 12.1. The van der Waals surface area contributed by atoms with E-state index in [0.29, 0.717) is 32.7 Å². The molecule has 31 heavy (non-hydrogen) atoms. The maximum Gasteiger partial charge on any atom is 0.311 e. The minimum Gasteiger partial charge on any atom is -0.490 e. The molecule has 160 valence electrons. The Morgan fingerprint density at radius 1 is 1.19 bits per heavy atom. The number of aromatic nitrogens is 1. The Balaban J connectivity index is 1.74. The van der Waals surface area contributed by atoms with Crippen LogP contribution in [0.3, 0.4) is 0 Å². The van der Waals surface area contributed by atoms with Crippen LogP contribution in [0.4, 0.5) is 16.5 Å². The summed E-state index contributed by atoms with van der Waals surface area (Å²) >= 11 is 1.17. The number of carbonyl (C=O) groups excluding carboxylic acids is 1. The molecule has 0 saturated heterocycles. The molecular weight excluding hydrogens is 418 g/mol. The number of nitro groups is 1. The van der Waals surface area contributed by atoms with Crippen molar-refractivity contribution in [1.29, 1.82) is 0 Å². The highest BCUT2D eigenvalue weighted by molar-refractivity contribution is 7.17. The Morgan fingerprint density at radius 3 is 2.55 bits per heavy atom. The summed E-state index contributed by atoms with van der Waals surface area (Å²) in [6.45, 7) is 5.43. The predicted octanol–water partition coefficient (Wildman–Crippen LogP) is 4.77. The standard InChI is InChI=1S/C21H21N5O4S/c1-12-5-8-16(9-6-12)23-20(27)19-14(3)22-21(31-19)25-24-13(2)15-7-10-18(30-4)17(11-15)26(28)29/h5-11H,1-4H3,(H,22,25)(H,23,27)/b24-13+. The quantitative estimate of drug-likeness (QED) is 0.311. The van der Waals surface area contributed by atoms with Crippen LogP contribution in [0.5, 0.6) is 5.75 Å². The van der Waals surface area contributed by atoms with Gasteiger partial charge in [-0.3, -0.25) is 20.3 Å². The van der Waals surface area contributed by atoms with Crippen molar-refractivity contribution in [2.45, 2.75) is 20.8 Å². The van der Waals surface area contributed by atoms with Gasteiger partial charge >= 0.3 is 5.69 Å². The highest BCUT2D eigenvalue weighted by Gasteiger charge is 2.17. The van der Waals surface area contributed by atoms with E-state index in [2.05, 4.69) is 20.8 Å². The minimum absolute atomic E-state index is 0.144. The smallest absolute Gasteiger partial charge is 0.311 e. The molecule has 0 saturated carbocycles. The number of amides is 1. The third kappa shape index (κ3) is 5.23. The zero-order valence-electron chi connectivity index (χ0n) is 17.4. The number of hydrogen-bond donors (Lipinski definition) is 2. The molecule has 0 atom stereocenters. The Labute approximate surface area is 182 Å². The van der Waals surface area contributed by atoms with E-state index in [1.165, 1.54) is 30.6 Å². The molecular formula is C21H21N5O4S. The van der Waals surface area contributed by atoms with E-state index in [0.717, 1.165) is 5.56 Å². The molecule has 0 fully saturated rings. The molecule has 0 spiro atoms. The van der Waals surface area contributed by atoms with Crippen molar-refractivity contribution in [1.82, 2.24) is 4.98 Å². The highest BCUT2D eigenvalue weighted by atomic mass is 32.1. The highest BCUT2D eigenvalue weighted by Crippen LogP contribution is 2.28. The largest absolute Gasteiger partial charge is 0.490 e. The van der Waals surface area contributed by atoms with E-state index in [1.54, 1.807) is 19.9 Å². The van der Waals surface area contributed by atoms with Gasteiger partial charge in [-0.2, -0.15) is 5.10 Å². The molecule has 0 aliphatic rings. The monoisotopic (exact) mass is 439 g/mol. The van der Waals surface area contributed by atoms with Gasteiger partial charge in [0.2, 0.25) is 5.13 Å². The summed E-state index contributed by atoms with van der Waals surface area (Å²) in [5.41, 5.74) is 6.14. The average Bonchev–Trinajstić information content (AvgIpc) is 3.13. The van der Waals surface area contributed by atoms with Crippen molar-refractivity contribution < 1.29 is 14.5 Å². The summed E-state index contributed by atoms with van der Waals surface area (Å²) in [7, 11) is 1.38. The van der Waals surface area contributed by atoms with Crippen LogP contribution in [0.15, 0.2) is 47.6 Å². The molecule has 0 aliphatic carbocycles. The van der Waals surface area contributed by atoms with Crippen molar-refractivity contribution in [2.75, 3.05) is 17.9 Å². The number of nitrogens with zero attached hydrogens (tertiary/aromatic N) is 3. The molecule has 9 nitrogen and oxygen atoms in total. The number of methoxy groups -OCH3 is 1. The van der Waals surface area contributed by atoms with E-state index in [9.17, 15) is 14.9 Å². The molecule has 0 unspecified atom stereocenters. The summed E-state index contributed by atoms with van der Waals surface area (Å²) in [5.74, 6) is -0.0762. The van der Waals surface area contributed by atoms with Crippen LogP contribution in [0.25, 0.3) is 0 Å². The number of benzene rings is 2. The average molecular weight is 439 g/mol. The Morgan fingerprint density at radius 2 is 1.90 bits per heavy atom. The number of hydrogen-bond acceptors (Lipinski definition) is 8. The number of anilines is 2. The Bertz CT molecular complexity index is 1160. The van der Waals surface area contributed by atoms with Crippen LogP contribution in [-0.4, -0.2) is 28.6 Å². The lowest BCUT2D eigenvalue weighted by atomic mass is 10.1. The second-order valence-corrected chi connectivity index (χ2v) is 7.71. The van der Waals surface area contributed by atoms with Crippen molar-refractivity contribution >= 4 is 39.5 Å². The van der Waals surface area contributed by atoms with Gasteiger partial charge in [0.1, 0.15) is 4.88 Å². The lowest BCUT2D eigenvalue weighted by Gasteiger charge is -2.05. The number of thiazole rings is 1. The Kier molecular flexibility index (Phi) is 6.61. The number of hydrazone groups is 1. The molecule has 1 heterocycles. The molecule has 3 rings (SSSR count). The second-order valence-electron chi connectivity index (χ2n) is 6.71. The van der Waals surface area contributed by atoms with Crippen LogP contribution in [0.2, 0.25) is 0 Å². The SMILES string of the molecule is COc1ccc(/C(C)=N/Nc2nc(C)c(C(=O)Nc3ccc(C)cc3)s2)cc1[N+](=O)[O-]. The van der Waals surface area contributed by atoms with Gasteiger partial charge < -0.3 is 10.1 Å². The third-order valence-electron chi connectivity index (χ3n) is 4.42. The van der Waals surface area contributed by atoms with E-state index >= 15 is 0 Å². The lowest BCUT2D eigenvalue weighted by Crippen LogP contribution is -2.11. The van der Waals surface area contributed by atoms with Gasteiger partial charge in [0.05, 0.1) is 23.4 Å². The fourth-order valence-corrected chi connectivity index (χ4v) is 3.54. The van der Waals surface area contributed by atoms with Crippen molar-refractivity contribution in [3.63, 3.8) is 0 Å². The molecule has 1 aromatic heterocycles. The molecule has 2 N–H and O–H groups in total. The minimum atomic E-state index is -0.508. The van der Waals surface area contributed by atoms with Crippen LogP contribution in [0.1, 0.15) is 33.4 Å². The normalized spacial score (nSPS) is 11.2. The van der Waals surface area contributed by atoms with E-state index in [-0.39, 0.29) is 17.3 Å². The van der Waals surface area contributed by atoms with Crippen LogP contribution in [0, 0.1) is 24.0 Å². The zero-order chi connectivity index (χ0) is 22.5. The van der Waals surface area contributed by atoms with E-state index in [1.807, 2.05) is 31.2 Å². The topological polar surface area (TPSA) is 119 Å². The summed E-state index contributed by atoms with van der Waals surface area (Å²) in [6.07, 6.45) is 0. The summed E-state index contributed by atoms with van der Waals surface area (Å²) in [5, 5.41) is 18.7. The first-order valence-corrected chi connectivity index (χ1v) is 10.1. The fraction of sp³-hybridized carbons (Fsp3) is 0.190. The zero-order valence-corrected chi connectivity index (χ0v) is 18.2.